The van der Waals surface area contributed by atoms with Crippen LogP contribution in [-0.2, 0) is 6.54 Å². The van der Waals surface area contributed by atoms with Crippen LogP contribution in [0.15, 0.2) is 53.1 Å². The predicted molar refractivity (Wildman–Crippen MR) is 97.2 cm³/mol. The van der Waals surface area contributed by atoms with E-state index in [1.165, 1.54) is 6.92 Å². The maximum Gasteiger partial charge on any atom is 0.274 e. The lowest BCUT2D eigenvalue weighted by Crippen LogP contribution is -2.16. The second-order valence-corrected chi connectivity index (χ2v) is 5.71. The molecule has 1 amide bonds. The monoisotopic (exact) mass is 350 g/mol. The minimum Gasteiger partial charge on any atom is -0.467 e. The van der Waals surface area contributed by atoms with Gasteiger partial charge in [-0.2, -0.15) is 0 Å². The Bertz CT molecular complexity index is 936. The molecular weight excluding hydrogens is 332 g/mol. The first kappa shape index (κ1) is 17.3. The van der Waals surface area contributed by atoms with E-state index in [1.807, 2.05) is 6.07 Å². The second-order valence-electron chi connectivity index (χ2n) is 5.71. The highest BCUT2D eigenvalue weighted by molar-refractivity contribution is 6.04. The molecule has 2 N–H and O–H groups in total. The number of carbonyl (C=O) groups is 2. The van der Waals surface area contributed by atoms with Crippen molar-refractivity contribution in [3.05, 3.63) is 71.6 Å². The first-order chi connectivity index (χ1) is 12.5. The van der Waals surface area contributed by atoms with Crippen LogP contribution in [0.4, 0.5) is 11.5 Å². The third kappa shape index (κ3) is 4.32. The Balaban J connectivity index is 1.74. The fourth-order valence-electron chi connectivity index (χ4n) is 2.38. The number of ketones is 1. The standard InChI is InChI=1S/C19H18N4O3/c1-12(24)14-5-3-6-15(9-14)23-19(25)17-10-18(22-13(2)21-17)20-11-16-7-4-8-26-16/h3-10H,11H2,1-2H3,(H,23,25)(H,20,21,22). The van der Waals surface area contributed by atoms with Crippen molar-refractivity contribution in [2.75, 3.05) is 10.6 Å². The van der Waals surface area contributed by atoms with Crippen LogP contribution in [-0.4, -0.2) is 21.7 Å². The van der Waals surface area contributed by atoms with Gasteiger partial charge >= 0.3 is 0 Å². The van der Waals surface area contributed by atoms with E-state index in [0.717, 1.165) is 5.76 Å². The Morgan fingerprint density at radius 2 is 1.96 bits per heavy atom. The quantitative estimate of drug-likeness (QED) is 0.661. The van der Waals surface area contributed by atoms with E-state index in [4.69, 9.17) is 4.42 Å². The molecule has 0 saturated carbocycles. The van der Waals surface area contributed by atoms with E-state index in [2.05, 4.69) is 20.6 Å². The van der Waals surface area contributed by atoms with Gasteiger partial charge in [0.2, 0.25) is 0 Å². The molecule has 0 radical (unpaired) electrons. The molecule has 1 aromatic carbocycles. The molecule has 7 heteroatoms. The zero-order valence-electron chi connectivity index (χ0n) is 14.4. The molecule has 0 bridgehead atoms. The number of amides is 1. The SMILES string of the molecule is CC(=O)c1cccc(NC(=O)c2cc(NCc3ccco3)nc(C)n2)c1. The van der Waals surface area contributed by atoms with Gasteiger partial charge in [-0.25, -0.2) is 9.97 Å². The molecule has 2 aromatic heterocycles. The zero-order valence-corrected chi connectivity index (χ0v) is 14.4. The minimum atomic E-state index is -0.378. The number of nitrogens with one attached hydrogen (secondary N) is 2. The van der Waals surface area contributed by atoms with Gasteiger partial charge in [0.15, 0.2) is 5.78 Å². The molecule has 0 unspecified atom stereocenters. The molecule has 0 aliphatic carbocycles. The summed E-state index contributed by atoms with van der Waals surface area (Å²) < 4.78 is 5.26. The predicted octanol–water partition coefficient (Wildman–Crippen LogP) is 3.45. The number of hydrogen-bond acceptors (Lipinski definition) is 6. The first-order valence-corrected chi connectivity index (χ1v) is 8.05. The van der Waals surface area contributed by atoms with Crippen molar-refractivity contribution in [3.8, 4) is 0 Å². The average Bonchev–Trinajstić information content (AvgIpc) is 3.13. The molecule has 3 rings (SSSR count). The van der Waals surface area contributed by atoms with Crippen molar-refractivity contribution >= 4 is 23.2 Å². The van der Waals surface area contributed by atoms with E-state index >= 15 is 0 Å². The smallest absolute Gasteiger partial charge is 0.274 e. The summed E-state index contributed by atoms with van der Waals surface area (Å²) in [4.78, 5) is 32.4. The second kappa shape index (κ2) is 7.60. The van der Waals surface area contributed by atoms with Gasteiger partial charge in [0.05, 0.1) is 12.8 Å². The molecular formula is C19H18N4O3. The van der Waals surface area contributed by atoms with Crippen molar-refractivity contribution in [2.24, 2.45) is 0 Å². The fraction of sp³-hybridized carbons (Fsp3) is 0.158. The van der Waals surface area contributed by atoms with E-state index in [0.29, 0.717) is 29.4 Å². The maximum atomic E-state index is 12.5. The van der Waals surface area contributed by atoms with Crippen molar-refractivity contribution < 1.29 is 14.0 Å². The molecule has 0 spiro atoms. The largest absolute Gasteiger partial charge is 0.467 e. The summed E-state index contributed by atoms with van der Waals surface area (Å²) in [5.74, 6) is 1.31. The van der Waals surface area contributed by atoms with Crippen LogP contribution < -0.4 is 10.6 Å². The molecule has 7 nitrogen and oxygen atoms in total. The highest BCUT2D eigenvalue weighted by Gasteiger charge is 2.12. The Kier molecular flexibility index (Phi) is 5.07. The zero-order chi connectivity index (χ0) is 18.5. The number of aryl methyl sites for hydroxylation is 1. The summed E-state index contributed by atoms with van der Waals surface area (Å²) in [6.45, 7) is 3.64. The highest BCUT2D eigenvalue weighted by Crippen LogP contribution is 2.14. The van der Waals surface area contributed by atoms with E-state index < -0.39 is 0 Å². The molecule has 0 aliphatic rings. The fourth-order valence-corrected chi connectivity index (χ4v) is 2.38. The van der Waals surface area contributed by atoms with Gasteiger partial charge in [-0.3, -0.25) is 9.59 Å². The molecule has 26 heavy (non-hydrogen) atoms. The molecule has 2 heterocycles. The van der Waals surface area contributed by atoms with Crippen molar-refractivity contribution in [1.29, 1.82) is 0 Å². The number of benzene rings is 1. The summed E-state index contributed by atoms with van der Waals surface area (Å²) in [6, 6.07) is 12.0. The minimum absolute atomic E-state index is 0.0663. The number of Topliss-reactive ketones (excluding diaryl/α,β-unsaturated/α-hetero) is 1. The van der Waals surface area contributed by atoms with Gasteiger partial charge in [-0.05, 0) is 38.1 Å². The third-order valence-corrected chi connectivity index (χ3v) is 3.62. The summed E-state index contributed by atoms with van der Waals surface area (Å²) in [5.41, 5.74) is 1.29. The van der Waals surface area contributed by atoms with Crippen molar-refractivity contribution in [1.82, 2.24) is 9.97 Å². The van der Waals surface area contributed by atoms with Crippen LogP contribution in [0.3, 0.4) is 0 Å². The summed E-state index contributed by atoms with van der Waals surface area (Å²) >= 11 is 0. The van der Waals surface area contributed by atoms with Crippen LogP contribution in [0.25, 0.3) is 0 Å². The lowest BCUT2D eigenvalue weighted by molar-refractivity contribution is 0.100. The number of nitrogens with zero attached hydrogens (tertiary/aromatic N) is 2. The van der Waals surface area contributed by atoms with Gasteiger partial charge in [-0.1, -0.05) is 12.1 Å². The summed E-state index contributed by atoms with van der Waals surface area (Å²) in [7, 11) is 0. The first-order valence-electron chi connectivity index (χ1n) is 8.05. The molecule has 3 aromatic rings. The van der Waals surface area contributed by atoms with Crippen LogP contribution in [0.2, 0.25) is 0 Å². The molecule has 0 fully saturated rings. The average molecular weight is 350 g/mol. The Morgan fingerprint density at radius 3 is 2.69 bits per heavy atom. The van der Waals surface area contributed by atoms with E-state index in [-0.39, 0.29) is 17.4 Å². The third-order valence-electron chi connectivity index (χ3n) is 3.62. The van der Waals surface area contributed by atoms with Gasteiger partial charge in [-0.15, -0.1) is 0 Å². The van der Waals surface area contributed by atoms with Crippen LogP contribution in [0.1, 0.15) is 39.4 Å². The number of rotatable bonds is 6. The van der Waals surface area contributed by atoms with Gasteiger partial charge in [0.25, 0.3) is 5.91 Å². The number of hydrogen-bond donors (Lipinski definition) is 2. The Labute approximate surface area is 150 Å². The summed E-state index contributed by atoms with van der Waals surface area (Å²) in [5, 5.41) is 5.85. The van der Waals surface area contributed by atoms with Crippen molar-refractivity contribution in [3.63, 3.8) is 0 Å². The Morgan fingerprint density at radius 1 is 1.12 bits per heavy atom. The molecule has 0 aliphatic heterocycles. The van der Waals surface area contributed by atoms with Crippen LogP contribution in [0, 0.1) is 6.92 Å². The van der Waals surface area contributed by atoms with Crippen LogP contribution >= 0.6 is 0 Å². The maximum absolute atomic E-state index is 12.5. The van der Waals surface area contributed by atoms with Crippen LogP contribution in [0.5, 0.6) is 0 Å². The van der Waals surface area contributed by atoms with Gasteiger partial charge in [0, 0.05) is 17.3 Å². The van der Waals surface area contributed by atoms with Crippen molar-refractivity contribution in [2.45, 2.75) is 20.4 Å². The van der Waals surface area contributed by atoms with Gasteiger partial charge < -0.3 is 15.1 Å². The number of furan rings is 1. The molecule has 0 atom stereocenters. The lowest BCUT2D eigenvalue weighted by atomic mass is 10.1. The van der Waals surface area contributed by atoms with E-state index in [9.17, 15) is 9.59 Å². The number of anilines is 2. The number of carbonyl (C=O) groups excluding carboxylic acids is 2. The molecule has 0 saturated heterocycles. The van der Waals surface area contributed by atoms with E-state index in [1.54, 1.807) is 49.6 Å². The number of aromatic nitrogens is 2. The Hall–Kier alpha value is -3.48. The highest BCUT2D eigenvalue weighted by atomic mass is 16.3. The van der Waals surface area contributed by atoms with Gasteiger partial charge in [0.1, 0.15) is 23.1 Å². The summed E-state index contributed by atoms with van der Waals surface area (Å²) in [6.07, 6.45) is 1.59. The topological polar surface area (TPSA) is 97.1 Å². The lowest BCUT2D eigenvalue weighted by Gasteiger charge is -2.09. The molecule has 132 valence electrons. The normalized spacial score (nSPS) is 10.4.